The summed E-state index contributed by atoms with van der Waals surface area (Å²) < 4.78 is 0. The standard InChI is InChI=1S/C15H27N3O/c1-4-15(5-2,6-3)17-14(19)12-18-9-7-13(11-16)8-10-18/h1,13H,5-12,16H2,2-3H3,(H,17,19). The molecule has 1 heterocycles. The van der Waals surface area contributed by atoms with Gasteiger partial charge in [-0.1, -0.05) is 19.8 Å². The summed E-state index contributed by atoms with van der Waals surface area (Å²) in [5.74, 6) is 3.39. The third kappa shape index (κ3) is 4.52. The third-order valence-electron chi connectivity index (χ3n) is 4.27. The average Bonchev–Trinajstić information content (AvgIpc) is 2.46. The van der Waals surface area contributed by atoms with E-state index < -0.39 is 5.54 Å². The highest BCUT2D eigenvalue weighted by Crippen LogP contribution is 2.16. The molecule has 1 aliphatic rings. The molecule has 0 atom stereocenters. The highest BCUT2D eigenvalue weighted by Gasteiger charge is 2.27. The zero-order chi connectivity index (χ0) is 14.3. The molecule has 0 aliphatic carbocycles. The molecule has 0 aromatic rings. The first kappa shape index (κ1) is 16.0. The van der Waals surface area contributed by atoms with Gasteiger partial charge in [0, 0.05) is 0 Å². The van der Waals surface area contributed by atoms with Crippen LogP contribution in [0, 0.1) is 18.3 Å². The number of amides is 1. The van der Waals surface area contributed by atoms with Crippen LogP contribution >= 0.6 is 0 Å². The molecular formula is C15H27N3O. The summed E-state index contributed by atoms with van der Waals surface area (Å²) in [7, 11) is 0. The van der Waals surface area contributed by atoms with Crippen molar-refractivity contribution in [3.05, 3.63) is 0 Å². The number of likely N-dealkylation sites (tertiary alicyclic amines) is 1. The van der Waals surface area contributed by atoms with E-state index >= 15 is 0 Å². The number of nitrogens with zero attached hydrogens (tertiary/aromatic N) is 1. The number of rotatable bonds is 6. The molecule has 1 rings (SSSR count). The fraction of sp³-hybridized carbons (Fsp3) is 0.800. The van der Waals surface area contributed by atoms with Gasteiger partial charge in [0.2, 0.25) is 5.91 Å². The van der Waals surface area contributed by atoms with Gasteiger partial charge in [-0.3, -0.25) is 9.69 Å². The van der Waals surface area contributed by atoms with E-state index in [1.165, 1.54) is 0 Å². The van der Waals surface area contributed by atoms with E-state index in [9.17, 15) is 4.79 Å². The fourth-order valence-electron chi connectivity index (χ4n) is 2.56. The lowest BCUT2D eigenvalue weighted by Crippen LogP contribution is -2.51. The lowest BCUT2D eigenvalue weighted by atomic mass is 9.93. The molecule has 0 bridgehead atoms. The summed E-state index contributed by atoms with van der Waals surface area (Å²) in [6.45, 7) is 7.13. The summed E-state index contributed by atoms with van der Waals surface area (Å²) in [5.41, 5.74) is 5.19. The summed E-state index contributed by atoms with van der Waals surface area (Å²) in [6, 6.07) is 0. The highest BCUT2D eigenvalue weighted by molar-refractivity contribution is 5.79. The quantitative estimate of drug-likeness (QED) is 0.704. The molecule has 0 saturated carbocycles. The lowest BCUT2D eigenvalue weighted by molar-refractivity contribution is -0.124. The molecule has 1 saturated heterocycles. The van der Waals surface area contributed by atoms with Crippen molar-refractivity contribution in [2.24, 2.45) is 11.7 Å². The van der Waals surface area contributed by atoms with Gasteiger partial charge in [-0.2, -0.15) is 0 Å². The molecule has 1 fully saturated rings. The Bertz CT molecular complexity index is 323. The first-order valence-corrected chi connectivity index (χ1v) is 7.30. The second-order valence-corrected chi connectivity index (χ2v) is 5.44. The molecule has 0 aromatic carbocycles. The van der Waals surface area contributed by atoms with Gasteiger partial charge in [-0.05, 0) is 51.2 Å². The van der Waals surface area contributed by atoms with E-state index in [0.717, 1.165) is 45.3 Å². The predicted octanol–water partition coefficient (Wildman–Crippen LogP) is 0.965. The van der Waals surface area contributed by atoms with Crippen LogP contribution in [0.15, 0.2) is 0 Å². The first-order chi connectivity index (χ1) is 9.09. The van der Waals surface area contributed by atoms with Crippen LogP contribution < -0.4 is 11.1 Å². The van der Waals surface area contributed by atoms with Gasteiger partial charge in [-0.15, -0.1) is 6.42 Å². The molecule has 1 aliphatic heterocycles. The van der Waals surface area contributed by atoms with Gasteiger partial charge in [0.1, 0.15) is 5.54 Å². The maximum atomic E-state index is 12.1. The van der Waals surface area contributed by atoms with E-state index in [0.29, 0.717) is 12.5 Å². The number of hydrogen-bond donors (Lipinski definition) is 2. The smallest absolute Gasteiger partial charge is 0.235 e. The minimum atomic E-state index is -0.479. The molecule has 0 aromatic heterocycles. The normalized spacial score (nSPS) is 18.0. The molecule has 4 heteroatoms. The maximum absolute atomic E-state index is 12.1. The summed E-state index contributed by atoms with van der Waals surface area (Å²) in [6.07, 6.45) is 9.26. The number of terminal acetylenes is 1. The van der Waals surface area contributed by atoms with Crippen molar-refractivity contribution in [1.29, 1.82) is 0 Å². The predicted molar refractivity (Wildman–Crippen MR) is 78.5 cm³/mol. The zero-order valence-electron chi connectivity index (χ0n) is 12.2. The second kappa shape index (κ2) is 7.52. The van der Waals surface area contributed by atoms with Gasteiger partial charge in [0.15, 0.2) is 0 Å². The van der Waals surface area contributed by atoms with Crippen LogP contribution in [0.4, 0.5) is 0 Å². The first-order valence-electron chi connectivity index (χ1n) is 7.30. The van der Waals surface area contributed by atoms with Crippen molar-refractivity contribution >= 4 is 5.91 Å². The summed E-state index contributed by atoms with van der Waals surface area (Å²) >= 11 is 0. The monoisotopic (exact) mass is 265 g/mol. The number of nitrogens with one attached hydrogen (secondary N) is 1. The van der Waals surface area contributed by atoms with E-state index in [1.807, 2.05) is 13.8 Å². The van der Waals surface area contributed by atoms with Crippen LogP contribution in [0.1, 0.15) is 39.5 Å². The zero-order valence-corrected chi connectivity index (χ0v) is 12.2. The van der Waals surface area contributed by atoms with Gasteiger partial charge >= 0.3 is 0 Å². The van der Waals surface area contributed by atoms with Crippen molar-refractivity contribution < 1.29 is 4.79 Å². The average molecular weight is 265 g/mol. The van der Waals surface area contributed by atoms with Gasteiger partial charge < -0.3 is 11.1 Å². The van der Waals surface area contributed by atoms with Crippen LogP contribution in [-0.4, -0.2) is 42.5 Å². The second-order valence-electron chi connectivity index (χ2n) is 5.44. The molecule has 0 spiro atoms. The van der Waals surface area contributed by atoms with Crippen LogP contribution in [0.2, 0.25) is 0 Å². The molecule has 19 heavy (non-hydrogen) atoms. The largest absolute Gasteiger partial charge is 0.339 e. The topological polar surface area (TPSA) is 58.4 Å². The Hall–Kier alpha value is -1.05. The van der Waals surface area contributed by atoms with E-state index in [2.05, 4.69) is 16.1 Å². The maximum Gasteiger partial charge on any atom is 0.235 e. The summed E-state index contributed by atoms with van der Waals surface area (Å²) in [4.78, 5) is 14.3. The van der Waals surface area contributed by atoms with Crippen LogP contribution in [0.3, 0.4) is 0 Å². The molecule has 108 valence electrons. The van der Waals surface area contributed by atoms with Crippen molar-refractivity contribution in [3.63, 3.8) is 0 Å². The fourth-order valence-corrected chi connectivity index (χ4v) is 2.56. The van der Waals surface area contributed by atoms with Crippen molar-refractivity contribution in [3.8, 4) is 12.3 Å². The molecule has 0 radical (unpaired) electrons. The molecule has 0 unspecified atom stereocenters. The number of piperidine rings is 1. The Morgan fingerprint density at radius 2 is 2.00 bits per heavy atom. The molecule has 1 amide bonds. The number of carbonyl (C=O) groups is 1. The van der Waals surface area contributed by atoms with Crippen LogP contribution in [0.25, 0.3) is 0 Å². The van der Waals surface area contributed by atoms with Crippen LogP contribution in [-0.2, 0) is 4.79 Å². The Morgan fingerprint density at radius 3 is 2.42 bits per heavy atom. The van der Waals surface area contributed by atoms with E-state index in [-0.39, 0.29) is 5.91 Å². The van der Waals surface area contributed by atoms with Gasteiger partial charge in [-0.25, -0.2) is 0 Å². The third-order valence-corrected chi connectivity index (χ3v) is 4.27. The number of carbonyl (C=O) groups excluding carboxylic acids is 1. The lowest BCUT2D eigenvalue weighted by Gasteiger charge is -2.32. The van der Waals surface area contributed by atoms with Gasteiger partial charge in [0.05, 0.1) is 6.54 Å². The van der Waals surface area contributed by atoms with Crippen molar-refractivity contribution in [1.82, 2.24) is 10.2 Å². The van der Waals surface area contributed by atoms with Crippen LogP contribution in [0.5, 0.6) is 0 Å². The van der Waals surface area contributed by atoms with Crippen molar-refractivity contribution in [2.45, 2.75) is 45.1 Å². The Labute approximate surface area is 117 Å². The SMILES string of the molecule is C#CC(CC)(CC)NC(=O)CN1CCC(CN)CC1. The Balaban J connectivity index is 2.42. The Morgan fingerprint density at radius 1 is 1.42 bits per heavy atom. The molecule has 4 nitrogen and oxygen atoms in total. The molecule has 3 N–H and O–H groups in total. The number of hydrogen-bond acceptors (Lipinski definition) is 3. The minimum Gasteiger partial charge on any atom is -0.339 e. The minimum absolute atomic E-state index is 0.0350. The van der Waals surface area contributed by atoms with Crippen molar-refractivity contribution in [2.75, 3.05) is 26.2 Å². The van der Waals surface area contributed by atoms with E-state index in [1.54, 1.807) is 0 Å². The van der Waals surface area contributed by atoms with E-state index in [4.69, 9.17) is 12.2 Å². The highest BCUT2D eigenvalue weighted by atomic mass is 16.2. The van der Waals surface area contributed by atoms with Gasteiger partial charge in [0.25, 0.3) is 0 Å². The number of nitrogens with two attached hydrogens (primary N) is 1. The molecular weight excluding hydrogens is 238 g/mol. The Kier molecular flexibility index (Phi) is 6.33. The summed E-state index contributed by atoms with van der Waals surface area (Å²) in [5, 5.41) is 3.01.